The molecule has 0 fully saturated rings. The van der Waals surface area contributed by atoms with Gasteiger partial charge in [-0.15, -0.1) is 0 Å². The van der Waals surface area contributed by atoms with E-state index in [-0.39, 0.29) is 5.91 Å². The fourth-order valence-corrected chi connectivity index (χ4v) is 4.90. The summed E-state index contributed by atoms with van der Waals surface area (Å²) in [6, 6.07) is 3.84. The van der Waals surface area contributed by atoms with Crippen LogP contribution in [0.5, 0.6) is 0 Å². The predicted molar refractivity (Wildman–Crippen MR) is 66.5 cm³/mol. The zero-order valence-electron chi connectivity index (χ0n) is 9.39. The van der Waals surface area contributed by atoms with Crippen molar-refractivity contribution in [2.45, 2.75) is 21.7 Å². The molecular weight excluding hydrogens is 318 g/mol. The molecule has 0 aliphatic heterocycles. The van der Waals surface area contributed by atoms with E-state index in [9.17, 15) is 4.79 Å². The first kappa shape index (κ1) is 12.8. The van der Waals surface area contributed by atoms with E-state index in [2.05, 4.69) is 25.1 Å². The molecule has 82 valence electrons. The molecule has 1 aromatic heterocycles. The number of nitrogens with one attached hydrogen (secondary N) is 1. The number of anilines is 1. The molecule has 0 aromatic carbocycles. The normalized spacial score (nSPS) is 11.3. The first-order chi connectivity index (χ1) is 6.79. The van der Waals surface area contributed by atoms with Gasteiger partial charge < -0.3 is 0 Å². The minimum absolute atomic E-state index is 0.125. The van der Waals surface area contributed by atoms with Crippen LogP contribution < -0.4 is 8.90 Å². The van der Waals surface area contributed by atoms with Crippen molar-refractivity contribution in [2.75, 3.05) is 5.32 Å². The van der Waals surface area contributed by atoms with E-state index >= 15 is 0 Å². The molecule has 0 radical (unpaired) electrons. The van der Waals surface area contributed by atoms with Crippen molar-refractivity contribution < 1.29 is 4.79 Å². The third-order valence-electron chi connectivity index (χ3n) is 1.96. The van der Waals surface area contributed by atoms with Crippen LogP contribution in [-0.4, -0.2) is 29.3 Å². The van der Waals surface area contributed by atoms with E-state index in [1.54, 1.807) is 0 Å². The monoisotopic (exact) mass is 334 g/mol. The van der Waals surface area contributed by atoms with E-state index in [1.165, 1.54) is 10.5 Å². The van der Waals surface area contributed by atoms with Crippen molar-refractivity contribution in [1.29, 1.82) is 0 Å². The molecule has 0 atom stereocenters. The van der Waals surface area contributed by atoms with Crippen LogP contribution in [0.4, 0.5) is 5.82 Å². The Kier molecular flexibility index (Phi) is 4.00. The zero-order valence-corrected chi connectivity index (χ0v) is 13.0. The van der Waals surface area contributed by atoms with Gasteiger partial charge in [0.05, 0.1) is 0 Å². The van der Waals surface area contributed by atoms with Crippen molar-refractivity contribution in [2.24, 2.45) is 0 Å². The number of pyridine rings is 1. The van der Waals surface area contributed by atoms with Gasteiger partial charge in [-0.3, -0.25) is 0 Å². The van der Waals surface area contributed by atoms with Gasteiger partial charge in [0.1, 0.15) is 0 Å². The second kappa shape index (κ2) is 4.70. The molecule has 3 nitrogen and oxygen atoms in total. The third-order valence-corrected chi connectivity index (χ3v) is 7.93. The molecule has 1 heterocycles. The number of halogens is 1. The van der Waals surface area contributed by atoms with Crippen LogP contribution in [0.25, 0.3) is 0 Å². The topological polar surface area (TPSA) is 42.0 Å². The second-order valence-electron chi connectivity index (χ2n) is 4.49. The molecule has 0 aliphatic carbocycles. The number of nitrogens with zero attached hydrogens (tertiary/aromatic N) is 1. The fraction of sp³-hybridized carbons (Fsp3) is 0.400. The van der Waals surface area contributed by atoms with Crippen LogP contribution in [0.1, 0.15) is 6.92 Å². The van der Waals surface area contributed by atoms with Gasteiger partial charge in [0.2, 0.25) is 0 Å². The summed E-state index contributed by atoms with van der Waals surface area (Å²) in [7, 11) is 0. The van der Waals surface area contributed by atoms with Crippen molar-refractivity contribution in [3.63, 3.8) is 0 Å². The Balaban J connectivity index is 3.11. The number of hydrogen-bond acceptors (Lipinski definition) is 2. The number of hydrogen-bond donors (Lipinski definition) is 1. The SMILES string of the molecule is CC(=O)Nc1c[c]([Sn]([CH3])([CH3])[CH3])cc(Cl)n1. The van der Waals surface area contributed by atoms with E-state index in [4.69, 9.17) is 11.6 Å². The van der Waals surface area contributed by atoms with Crippen molar-refractivity contribution in [1.82, 2.24) is 4.98 Å². The molecule has 1 aromatic rings. The van der Waals surface area contributed by atoms with Gasteiger partial charge >= 0.3 is 99.4 Å². The molecule has 0 aliphatic rings. The summed E-state index contributed by atoms with van der Waals surface area (Å²) in [6.07, 6.45) is 0. The first-order valence-electron chi connectivity index (χ1n) is 4.75. The molecule has 1 N–H and O–H groups in total. The Morgan fingerprint density at radius 3 is 2.47 bits per heavy atom. The molecule has 0 unspecified atom stereocenters. The molecule has 15 heavy (non-hydrogen) atoms. The van der Waals surface area contributed by atoms with Crippen molar-refractivity contribution >= 4 is 45.3 Å². The zero-order chi connectivity index (χ0) is 11.6. The van der Waals surface area contributed by atoms with Gasteiger partial charge in [-0.2, -0.15) is 0 Å². The summed E-state index contributed by atoms with van der Waals surface area (Å²) in [5.74, 6) is 0.427. The number of carbonyl (C=O) groups is 1. The van der Waals surface area contributed by atoms with Gasteiger partial charge in [0, 0.05) is 0 Å². The third kappa shape index (κ3) is 3.99. The molecular formula is C10H15ClN2OSn. The van der Waals surface area contributed by atoms with Gasteiger partial charge in [-0.05, 0) is 0 Å². The molecule has 0 saturated carbocycles. The quantitative estimate of drug-likeness (QED) is 0.666. The standard InChI is InChI=1S/C7H6ClN2O.3CH3.Sn/c1-5(11)9-7-4-2-3-6(8)10-7;;;;/h3-4H,1H3,(H,9,10,11);3*1H3;. The molecule has 5 heteroatoms. The number of rotatable bonds is 2. The summed E-state index contributed by atoms with van der Waals surface area (Å²) in [5.41, 5.74) is 0. The Morgan fingerprint density at radius 2 is 2.00 bits per heavy atom. The van der Waals surface area contributed by atoms with Gasteiger partial charge in [-0.25, -0.2) is 0 Å². The van der Waals surface area contributed by atoms with Crippen LogP contribution >= 0.6 is 11.6 Å². The van der Waals surface area contributed by atoms with Crippen LogP contribution in [0.15, 0.2) is 12.1 Å². The number of amides is 1. The fourth-order valence-electron chi connectivity index (χ4n) is 1.17. The first-order valence-corrected chi connectivity index (χ1v) is 15.1. The molecule has 1 rings (SSSR count). The average molecular weight is 333 g/mol. The van der Waals surface area contributed by atoms with Crippen molar-refractivity contribution in [3.8, 4) is 0 Å². The van der Waals surface area contributed by atoms with E-state index < -0.39 is 18.4 Å². The molecule has 0 bridgehead atoms. The van der Waals surface area contributed by atoms with E-state index in [1.807, 2.05) is 12.1 Å². The number of carbonyl (C=O) groups excluding carboxylic acids is 1. The predicted octanol–water partition coefficient (Wildman–Crippen LogP) is 2.24. The summed E-state index contributed by atoms with van der Waals surface area (Å²) in [4.78, 5) is 21.8. The Hall–Kier alpha value is -0.291. The Morgan fingerprint density at radius 1 is 1.40 bits per heavy atom. The maximum atomic E-state index is 10.9. The second-order valence-corrected chi connectivity index (χ2v) is 19.4. The van der Waals surface area contributed by atoms with Crippen LogP contribution in [0.3, 0.4) is 0 Å². The van der Waals surface area contributed by atoms with E-state index in [0.29, 0.717) is 11.0 Å². The Labute approximate surface area is 99.1 Å². The summed E-state index contributed by atoms with van der Waals surface area (Å²) in [6.45, 7) is 1.46. The van der Waals surface area contributed by atoms with Gasteiger partial charge in [0.15, 0.2) is 0 Å². The minimum atomic E-state index is -2.14. The summed E-state index contributed by atoms with van der Waals surface area (Å²) < 4.78 is 1.26. The molecule has 0 spiro atoms. The van der Waals surface area contributed by atoms with Gasteiger partial charge in [0.25, 0.3) is 0 Å². The summed E-state index contributed by atoms with van der Waals surface area (Å²) in [5, 5.41) is 3.10. The van der Waals surface area contributed by atoms with Crippen molar-refractivity contribution in [3.05, 3.63) is 17.3 Å². The van der Waals surface area contributed by atoms with Crippen LogP contribution in [0, 0.1) is 0 Å². The molecule has 0 saturated heterocycles. The maximum absolute atomic E-state index is 10.9. The van der Waals surface area contributed by atoms with Gasteiger partial charge in [-0.1, -0.05) is 0 Å². The Bertz CT molecular complexity index is 387. The van der Waals surface area contributed by atoms with Crippen LogP contribution in [-0.2, 0) is 4.79 Å². The molecule has 1 amide bonds. The summed E-state index contributed by atoms with van der Waals surface area (Å²) >= 11 is 3.77. The van der Waals surface area contributed by atoms with Crippen LogP contribution in [0.2, 0.25) is 20.0 Å². The number of aromatic nitrogens is 1. The van der Waals surface area contributed by atoms with E-state index in [0.717, 1.165) is 0 Å². The average Bonchev–Trinajstić information content (AvgIpc) is 1.99.